The zero-order valence-corrected chi connectivity index (χ0v) is 12.1. The number of halogens is 1. The van der Waals surface area contributed by atoms with Crippen molar-refractivity contribution in [1.29, 1.82) is 0 Å². The van der Waals surface area contributed by atoms with Gasteiger partial charge in [-0.05, 0) is 53.9 Å². The molecular weight excluding hydrogens is 260 g/mol. The summed E-state index contributed by atoms with van der Waals surface area (Å²) in [7, 11) is 0. The lowest BCUT2D eigenvalue weighted by Crippen LogP contribution is -2.14. The Labute approximate surface area is 108 Å². The SMILES string of the molecule is CCc1ccc(CC)c2c1C(C)CCC2Br. The van der Waals surface area contributed by atoms with Crippen molar-refractivity contribution in [2.75, 3.05) is 0 Å². The summed E-state index contributed by atoms with van der Waals surface area (Å²) in [5.74, 6) is 0.741. The minimum Gasteiger partial charge on any atom is -0.0839 e. The van der Waals surface area contributed by atoms with Gasteiger partial charge in [0.1, 0.15) is 0 Å². The predicted molar refractivity (Wildman–Crippen MR) is 74.5 cm³/mol. The van der Waals surface area contributed by atoms with Crippen molar-refractivity contribution >= 4 is 15.9 Å². The highest BCUT2D eigenvalue weighted by molar-refractivity contribution is 9.09. The molecular formula is C15H21Br. The zero-order valence-electron chi connectivity index (χ0n) is 10.5. The van der Waals surface area contributed by atoms with Gasteiger partial charge in [-0.1, -0.05) is 48.8 Å². The van der Waals surface area contributed by atoms with Gasteiger partial charge in [0, 0.05) is 4.83 Å². The van der Waals surface area contributed by atoms with Crippen LogP contribution in [0.4, 0.5) is 0 Å². The topological polar surface area (TPSA) is 0 Å². The van der Waals surface area contributed by atoms with E-state index < -0.39 is 0 Å². The Morgan fingerprint density at radius 1 is 1.06 bits per heavy atom. The number of aryl methyl sites for hydroxylation is 2. The van der Waals surface area contributed by atoms with Gasteiger partial charge in [-0.2, -0.15) is 0 Å². The van der Waals surface area contributed by atoms with Crippen molar-refractivity contribution < 1.29 is 0 Å². The minimum absolute atomic E-state index is 0.583. The highest BCUT2D eigenvalue weighted by Crippen LogP contribution is 2.45. The van der Waals surface area contributed by atoms with Gasteiger partial charge in [0.2, 0.25) is 0 Å². The highest BCUT2D eigenvalue weighted by atomic mass is 79.9. The smallest absolute Gasteiger partial charge is 0.0401 e. The van der Waals surface area contributed by atoms with Crippen LogP contribution in [0.15, 0.2) is 12.1 Å². The number of fused-ring (bicyclic) bond motifs is 1. The van der Waals surface area contributed by atoms with Crippen LogP contribution >= 0.6 is 15.9 Å². The molecule has 1 aliphatic carbocycles. The maximum Gasteiger partial charge on any atom is 0.0401 e. The maximum atomic E-state index is 3.87. The lowest BCUT2D eigenvalue weighted by atomic mass is 9.78. The standard InChI is InChI=1S/C15H21Br/c1-4-11-7-8-12(5-2)15-13(16)9-6-10(3)14(11)15/h7-8,10,13H,4-6,9H2,1-3H3. The van der Waals surface area contributed by atoms with Crippen LogP contribution in [0.5, 0.6) is 0 Å². The molecule has 16 heavy (non-hydrogen) atoms. The van der Waals surface area contributed by atoms with E-state index in [1.807, 2.05) is 0 Å². The molecule has 2 atom stereocenters. The summed E-state index contributed by atoms with van der Waals surface area (Å²) >= 11 is 3.87. The second-order valence-electron chi connectivity index (χ2n) is 4.86. The van der Waals surface area contributed by atoms with Gasteiger partial charge in [0.05, 0.1) is 0 Å². The van der Waals surface area contributed by atoms with Crippen LogP contribution in [-0.2, 0) is 12.8 Å². The van der Waals surface area contributed by atoms with E-state index in [4.69, 9.17) is 0 Å². The van der Waals surface area contributed by atoms with E-state index in [1.54, 1.807) is 22.3 Å². The van der Waals surface area contributed by atoms with Gasteiger partial charge in [-0.15, -0.1) is 0 Å². The van der Waals surface area contributed by atoms with Crippen molar-refractivity contribution in [3.63, 3.8) is 0 Å². The molecule has 1 heteroatoms. The Morgan fingerprint density at radius 3 is 2.19 bits per heavy atom. The summed E-state index contributed by atoms with van der Waals surface area (Å²) in [5, 5.41) is 0. The Bertz CT molecular complexity index is 344. The third-order valence-corrected chi connectivity index (χ3v) is 4.80. The summed E-state index contributed by atoms with van der Waals surface area (Å²) in [5.41, 5.74) is 6.36. The van der Waals surface area contributed by atoms with Crippen LogP contribution in [0, 0.1) is 0 Å². The van der Waals surface area contributed by atoms with Crippen molar-refractivity contribution in [3.8, 4) is 0 Å². The second kappa shape index (κ2) is 4.91. The first kappa shape index (κ1) is 12.2. The van der Waals surface area contributed by atoms with Gasteiger partial charge in [-0.25, -0.2) is 0 Å². The molecule has 0 aromatic heterocycles. The van der Waals surface area contributed by atoms with E-state index in [0.717, 1.165) is 18.8 Å². The van der Waals surface area contributed by atoms with Crippen LogP contribution in [-0.4, -0.2) is 0 Å². The van der Waals surface area contributed by atoms with E-state index in [1.165, 1.54) is 12.8 Å². The van der Waals surface area contributed by atoms with Gasteiger partial charge >= 0.3 is 0 Å². The fraction of sp³-hybridized carbons (Fsp3) is 0.600. The third kappa shape index (κ3) is 1.95. The Balaban J connectivity index is 2.63. The molecule has 0 radical (unpaired) electrons. The van der Waals surface area contributed by atoms with Crippen LogP contribution in [0.25, 0.3) is 0 Å². The molecule has 0 saturated heterocycles. The Morgan fingerprint density at radius 2 is 1.62 bits per heavy atom. The van der Waals surface area contributed by atoms with Gasteiger partial charge in [0.15, 0.2) is 0 Å². The van der Waals surface area contributed by atoms with E-state index in [9.17, 15) is 0 Å². The normalized spacial score (nSPS) is 24.2. The number of alkyl halides is 1. The van der Waals surface area contributed by atoms with E-state index in [2.05, 4.69) is 48.8 Å². The molecule has 1 aliphatic rings. The molecule has 0 spiro atoms. The largest absolute Gasteiger partial charge is 0.0839 e. The molecule has 0 fully saturated rings. The summed E-state index contributed by atoms with van der Waals surface area (Å²) in [6.45, 7) is 6.92. The molecule has 0 N–H and O–H groups in total. The zero-order chi connectivity index (χ0) is 11.7. The molecule has 0 nitrogen and oxygen atoms in total. The van der Waals surface area contributed by atoms with Gasteiger partial charge in [-0.3, -0.25) is 0 Å². The Kier molecular flexibility index (Phi) is 3.73. The number of rotatable bonds is 2. The molecule has 0 bridgehead atoms. The first-order valence-electron chi connectivity index (χ1n) is 6.47. The summed E-state index contributed by atoms with van der Waals surface area (Å²) in [4.78, 5) is 0.583. The van der Waals surface area contributed by atoms with Gasteiger partial charge < -0.3 is 0 Å². The lowest BCUT2D eigenvalue weighted by molar-refractivity contribution is 0.578. The first-order chi connectivity index (χ1) is 7.69. The number of hydrogen-bond acceptors (Lipinski definition) is 0. The highest BCUT2D eigenvalue weighted by Gasteiger charge is 2.26. The molecule has 0 aliphatic heterocycles. The van der Waals surface area contributed by atoms with Crippen LogP contribution < -0.4 is 0 Å². The molecule has 1 aromatic rings. The van der Waals surface area contributed by atoms with E-state index in [-0.39, 0.29) is 0 Å². The fourth-order valence-electron chi connectivity index (χ4n) is 2.98. The third-order valence-electron chi connectivity index (χ3n) is 3.89. The molecule has 1 aromatic carbocycles. The van der Waals surface area contributed by atoms with Crippen molar-refractivity contribution in [2.45, 2.75) is 57.2 Å². The van der Waals surface area contributed by atoms with Crippen LogP contribution in [0.3, 0.4) is 0 Å². The number of hydrogen-bond donors (Lipinski definition) is 0. The molecule has 0 amide bonds. The second-order valence-corrected chi connectivity index (χ2v) is 5.97. The van der Waals surface area contributed by atoms with Crippen LogP contribution in [0.1, 0.15) is 66.6 Å². The first-order valence-corrected chi connectivity index (χ1v) is 7.39. The van der Waals surface area contributed by atoms with Gasteiger partial charge in [0.25, 0.3) is 0 Å². The molecule has 2 unspecified atom stereocenters. The predicted octanol–water partition coefficient (Wildman–Crippen LogP) is 5.14. The number of benzene rings is 1. The van der Waals surface area contributed by atoms with Crippen molar-refractivity contribution in [3.05, 3.63) is 34.4 Å². The van der Waals surface area contributed by atoms with Crippen molar-refractivity contribution in [2.24, 2.45) is 0 Å². The van der Waals surface area contributed by atoms with E-state index >= 15 is 0 Å². The maximum absolute atomic E-state index is 3.87. The summed E-state index contributed by atoms with van der Waals surface area (Å²) in [6.07, 6.45) is 4.93. The quantitative estimate of drug-likeness (QED) is 0.658. The lowest BCUT2D eigenvalue weighted by Gasteiger charge is -2.31. The van der Waals surface area contributed by atoms with Crippen LogP contribution in [0.2, 0.25) is 0 Å². The minimum atomic E-state index is 0.583. The van der Waals surface area contributed by atoms with E-state index in [0.29, 0.717) is 4.83 Å². The fourth-order valence-corrected chi connectivity index (χ4v) is 3.79. The monoisotopic (exact) mass is 280 g/mol. The Hall–Kier alpha value is -0.300. The average molecular weight is 281 g/mol. The molecule has 0 heterocycles. The van der Waals surface area contributed by atoms with Crippen molar-refractivity contribution in [1.82, 2.24) is 0 Å². The summed E-state index contributed by atoms with van der Waals surface area (Å²) < 4.78 is 0. The molecule has 2 rings (SSSR count). The molecule has 88 valence electrons. The molecule has 0 saturated carbocycles. The summed E-state index contributed by atoms with van der Waals surface area (Å²) in [6, 6.07) is 4.68. The average Bonchev–Trinajstić information content (AvgIpc) is 2.32.